The van der Waals surface area contributed by atoms with E-state index < -0.39 is 0 Å². The Balaban J connectivity index is 1.64. The number of carbonyl (C=O) groups excluding carboxylic acids is 1. The summed E-state index contributed by atoms with van der Waals surface area (Å²) in [6, 6.07) is 12.6. The van der Waals surface area contributed by atoms with Crippen molar-refractivity contribution in [3.63, 3.8) is 0 Å². The first kappa shape index (κ1) is 14.1. The van der Waals surface area contributed by atoms with E-state index in [1.807, 2.05) is 25.1 Å². The van der Waals surface area contributed by atoms with Crippen LogP contribution in [0.15, 0.2) is 55.0 Å². The molecule has 8 heteroatoms. The number of aromatic nitrogens is 6. The lowest BCUT2D eigenvalue weighted by molar-refractivity contribution is 0.102. The van der Waals surface area contributed by atoms with Crippen LogP contribution < -0.4 is 5.32 Å². The molecule has 0 aliphatic carbocycles. The number of fused-ring (bicyclic) bond motifs is 1. The standard InChI is InChI=1S/C16H13N7O/c1-11-13(19-16(24)12-5-3-2-4-6-12)9-18-23(11)15-8-7-14-20-17-10-22(14)21-15/h2-10H,1H3,(H,19,24). The molecule has 4 aromatic rings. The van der Waals surface area contributed by atoms with Crippen LogP contribution in [-0.2, 0) is 0 Å². The van der Waals surface area contributed by atoms with Gasteiger partial charge in [0.05, 0.1) is 17.6 Å². The Bertz CT molecular complexity index is 1020. The van der Waals surface area contributed by atoms with E-state index in [0.29, 0.717) is 22.7 Å². The van der Waals surface area contributed by atoms with Gasteiger partial charge < -0.3 is 5.32 Å². The highest BCUT2D eigenvalue weighted by Gasteiger charge is 2.13. The number of amides is 1. The van der Waals surface area contributed by atoms with E-state index in [9.17, 15) is 4.79 Å². The van der Waals surface area contributed by atoms with Crippen LogP contribution in [0.1, 0.15) is 16.1 Å². The van der Waals surface area contributed by atoms with Gasteiger partial charge in [0, 0.05) is 5.56 Å². The van der Waals surface area contributed by atoms with Gasteiger partial charge in [0.1, 0.15) is 6.33 Å². The largest absolute Gasteiger partial charge is 0.319 e. The molecule has 0 spiro atoms. The van der Waals surface area contributed by atoms with Gasteiger partial charge in [-0.15, -0.1) is 15.3 Å². The quantitative estimate of drug-likeness (QED) is 0.622. The van der Waals surface area contributed by atoms with Gasteiger partial charge in [-0.05, 0) is 31.2 Å². The molecule has 1 N–H and O–H groups in total. The van der Waals surface area contributed by atoms with E-state index in [0.717, 1.165) is 5.69 Å². The van der Waals surface area contributed by atoms with Crippen molar-refractivity contribution in [1.29, 1.82) is 0 Å². The van der Waals surface area contributed by atoms with Crippen molar-refractivity contribution in [2.24, 2.45) is 0 Å². The van der Waals surface area contributed by atoms with Gasteiger partial charge in [0.25, 0.3) is 5.91 Å². The van der Waals surface area contributed by atoms with Crippen LogP contribution in [0.5, 0.6) is 0 Å². The maximum Gasteiger partial charge on any atom is 0.255 e. The molecule has 0 atom stereocenters. The van der Waals surface area contributed by atoms with E-state index in [1.54, 1.807) is 39.7 Å². The fraction of sp³-hybridized carbons (Fsp3) is 0.0625. The Morgan fingerprint density at radius 2 is 1.96 bits per heavy atom. The van der Waals surface area contributed by atoms with Crippen LogP contribution in [0.4, 0.5) is 5.69 Å². The Kier molecular flexibility index (Phi) is 3.27. The van der Waals surface area contributed by atoms with Crippen molar-refractivity contribution in [2.75, 3.05) is 5.32 Å². The highest BCUT2D eigenvalue weighted by atomic mass is 16.1. The Morgan fingerprint density at radius 1 is 1.12 bits per heavy atom. The van der Waals surface area contributed by atoms with Crippen LogP contribution in [-0.4, -0.2) is 35.5 Å². The van der Waals surface area contributed by atoms with Crippen molar-refractivity contribution in [1.82, 2.24) is 29.6 Å². The molecule has 3 heterocycles. The molecule has 118 valence electrons. The third-order valence-corrected chi connectivity index (χ3v) is 3.66. The van der Waals surface area contributed by atoms with Crippen molar-refractivity contribution in [2.45, 2.75) is 6.92 Å². The molecule has 0 fully saturated rings. The molecular weight excluding hydrogens is 306 g/mol. The van der Waals surface area contributed by atoms with Gasteiger partial charge in [-0.2, -0.15) is 9.61 Å². The SMILES string of the molecule is Cc1c(NC(=O)c2ccccc2)cnn1-c1ccc2nncn2n1. The third-order valence-electron chi connectivity index (χ3n) is 3.66. The van der Waals surface area contributed by atoms with Crippen molar-refractivity contribution in [3.05, 3.63) is 66.2 Å². The summed E-state index contributed by atoms with van der Waals surface area (Å²) in [5.74, 6) is 0.431. The lowest BCUT2D eigenvalue weighted by Crippen LogP contribution is -2.12. The fourth-order valence-corrected chi connectivity index (χ4v) is 2.38. The zero-order valence-electron chi connectivity index (χ0n) is 12.8. The molecule has 1 aromatic carbocycles. The van der Waals surface area contributed by atoms with Crippen LogP contribution in [0.3, 0.4) is 0 Å². The molecule has 0 saturated heterocycles. The van der Waals surface area contributed by atoms with Gasteiger partial charge in [0.15, 0.2) is 11.5 Å². The van der Waals surface area contributed by atoms with Gasteiger partial charge in [-0.25, -0.2) is 4.68 Å². The number of nitrogens with one attached hydrogen (secondary N) is 1. The van der Waals surface area contributed by atoms with Crippen LogP contribution >= 0.6 is 0 Å². The lowest BCUT2D eigenvalue weighted by Gasteiger charge is -2.06. The first-order valence-electron chi connectivity index (χ1n) is 7.31. The minimum atomic E-state index is -0.180. The van der Waals surface area contributed by atoms with E-state index in [1.165, 1.54) is 6.33 Å². The smallest absolute Gasteiger partial charge is 0.255 e. The van der Waals surface area contributed by atoms with Crippen molar-refractivity contribution in [3.8, 4) is 5.82 Å². The summed E-state index contributed by atoms with van der Waals surface area (Å²) in [4.78, 5) is 12.3. The summed E-state index contributed by atoms with van der Waals surface area (Å²) in [5, 5.41) is 19.3. The molecular formula is C16H13N7O. The summed E-state index contributed by atoms with van der Waals surface area (Å²) in [5.41, 5.74) is 2.66. The number of benzene rings is 1. The predicted molar refractivity (Wildman–Crippen MR) is 87.0 cm³/mol. The minimum absolute atomic E-state index is 0.180. The number of carbonyl (C=O) groups is 1. The molecule has 1 amide bonds. The molecule has 3 aromatic heterocycles. The highest BCUT2D eigenvalue weighted by Crippen LogP contribution is 2.18. The third kappa shape index (κ3) is 2.39. The van der Waals surface area contributed by atoms with E-state index in [4.69, 9.17) is 0 Å². The van der Waals surface area contributed by atoms with Gasteiger partial charge >= 0.3 is 0 Å². The average Bonchev–Trinajstić information content (AvgIpc) is 3.22. The monoisotopic (exact) mass is 319 g/mol. The van der Waals surface area contributed by atoms with Crippen molar-refractivity contribution < 1.29 is 4.79 Å². The average molecular weight is 319 g/mol. The number of hydrogen-bond donors (Lipinski definition) is 1. The van der Waals surface area contributed by atoms with E-state index in [-0.39, 0.29) is 5.91 Å². The molecule has 0 radical (unpaired) electrons. The van der Waals surface area contributed by atoms with Gasteiger partial charge in [0.2, 0.25) is 0 Å². The second-order valence-electron chi connectivity index (χ2n) is 5.20. The predicted octanol–water partition coefficient (Wildman–Crippen LogP) is 1.87. The first-order chi connectivity index (χ1) is 11.7. The summed E-state index contributed by atoms with van der Waals surface area (Å²) in [7, 11) is 0. The maximum atomic E-state index is 12.3. The Hall–Kier alpha value is -3.55. The molecule has 4 rings (SSSR count). The summed E-state index contributed by atoms with van der Waals surface area (Å²) < 4.78 is 3.22. The number of rotatable bonds is 3. The second kappa shape index (κ2) is 5.58. The van der Waals surface area contributed by atoms with Gasteiger partial charge in [-0.3, -0.25) is 4.79 Å². The van der Waals surface area contributed by atoms with Crippen molar-refractivity contribution >= 4 is 17.2 Å². The van der Waals surface area contributed by atoms with Gasteiger partial charge in [-0.1, -0.05) is 18.2 Å². The first-order valence-corrected chi connectivity index (χ1v) is 7.31. The van der Waals surface area contributed by atoms with E-state index >= 15 is 0 Å². The Labute approximate surface area is 136 Å². The zero-order valence-corrected chi connectivity index (χ0v) is 12.8. The molecule has 0 aliphatic rings. The zero-order chi connectivity index (χ0) is 16.5. The summed E-state index contributed by atoms with van der Waals surface area (Å²) in [6.45, 7) is 1.87. The molecule has 24 heavy (non-hydrogen) atoms. The van der Waals surface area contributed by atoms with Crippen LogP contribution in [0.2, 0.25) is 0 Å². The van der Waals surface area contributed by atoms with E-state index in [2.05, 4.69) is 25.7 Å². The highest BCUT2D eigenvalue weighted by molar-refractivity contribution is 6.04. The van der Waals surface area contributed by atoms with Crippen LogP contribution in [0.25, 0.3) is 11.5 Å². The summed E-state index contributed by atoms with van der Waals surface area (Å²) >= 11 is 0. The Morgan fingerprint density at radius 3 is 2.79 bits per heavy atom. The minimum Gasteiger partial charge on any atom is -0.319 e. The molecule has 0 bridgehead atoms. The lowest BCUT2D eigenvalue weighted by atomic mass is 10.2. The fourth-order valence-electron chi connectivity index (χ4n) is 2.38. The molecule has 8 nitrogen and oxygen atoms in total. The molecule has 0 unspecified atom stereocenters. The van der Waals surface area contributed by atoms with Crippen LogP contribution in [0, 0.1) is 6.92 Å². The topological polar surface area (TPSA) is 90.0 Å². The number of hydrogen-bond acceptors (Lipinski definition) is 5. The number of anilines is 1. The summed E-state index contributed by atoms with van der Waals surface area (Å²) in [6.07, 6.45) is 3.13. The molecule has 0 aliphatic heterocycles. The second-order valence-corrected chi connectivity index (χ2v) is 5.20. The number of nitrogens with zero attached hydrogens (tertiary/aromatic N) is 6. The normalized spacial score (nSPS) is 10.9. The maximum absolute atomic E-state index is 12.3. The molecule has 0 saturated carbocycles.